The maximum Gasteiger partial charge on any atom is 0.387 e. The third kappa shape index (κ3) is 4.71. The molecule has 1 heterocycles. The van der Waals surface area contributed by atoms with Crippen LogP contribution in [0, 0.1) is 12.7 Å². The normalized spacial score (nSPS) is 12.2. The topological polar surface area (TPSA) is 80.6 Å². The Labute approximate surface area is 182 Å². The Kier molecular flexibility index (Phi) is 6.76. The number of nitrogens with one attached hydrogen (secondary N) is 1. The monoisotopic (exact) mass is 448 g/mol. The molecule has 3 aromatic rings. The molecule has 0 radical (unpaired) electrons. The summed E-state index contributed by atoms with van der Waals surface area (Å²) in [6.07, 6.45) is 0.668. The highest BCUT2D eigenvalue weighted by molar-refractivity contribution is 6.05. The van der Waals surface area contributed by atoms with Crippen molar-refractivity contribution < 1.29 is 32.6 Å². The van der Waals surface area contributed by atoms with Crippen molar-refractivity contribution in [2.24, 2.45) is 0 Å². The highest BCUT2D eigenvalue weighted by Gasteiger charge is 2.23. The number of benzene rings is 2. The molecule has 32 heavy (non-hydrogen) atoms. The van der Waals surface area contributed by atoms with Crippen molar-refractivity contribution in [3.8, 4) is 11.5 Å². The van der Waals surface area contributed by atoms with E-state index in [4.69, 9.17) is 0 Å². The van der Waals surface area contributed by atoms with Gasteiger partial charge in [0.25, 0.3) is 5.91 Å². The van der Waals surface area contributed by atoms with Crippen LogP contribution in [0.3, 0.4) is 0 Å². The Morgan fingerprint density at radius 2 is 1.84 bits per heavy atom. The maximum atomic E-state index is 14.1. The summed E-state index contributed by atoms with van der Waals surface area (Å²) in [5.41, 5.74) is 1.21. The van der Waals surface area contributed by atoms with Crippen LogP contribution >= 0.6 is 0 Å². The van der Waals surface area contributed by atoms with Crippen LogP contribution in [0.25, 0.3) is 10.9 Å². The molecule has 0 aliphatic heterocycles. The molecule has 1 aromatic heterocycles. The lowest BCUT2D eigenvalue weighted by molar-refractivity contribution is -0.121. The van der Waals surface area contributed by atoms with Crippen molar-refractivity contribution >= 4 is 22.7 Å². The lowest BCUT2D eigenvalue weighted by Gasteiger charge is -2.12. The van der Waals surface area contributed by atoms with Gasteiger partial charge in [-0.15, -0.1) is 0 Å². The Bertz CT molecular complexity index is 1160. The number of phenolic OH excluding ortho intramolecular Hbond substituents is 1. The van der Waals surface area contributed by atoms with Crippen molar-refractivity contribution in [1.82, 2.24) is 9.88 Å². The molecule has 2 N–H and O–H groups in total. The molecule has 0 saturated heterocycles. The van der Waals surface area contributed by atoms with Gasteiger partial charge in [0.05, 0.1) is 11.9 Å². The van der Waals surface area contributed by atoms with Gasteiger partial charge in [-0.25, -0.2) is 4.39 Å². The average Bonchev–Trinajstić information content (AvgIpc) is 2.98. The van der Waals surface area contributed by atoms with Gasteiger partial charge < -0.3 is 15.2 Å². The van der Waals surface area contributed by atoms with Crippen LogP contribution < -0.4 is 10.1 Å². The van der Waals surface area contributed by atoms with Gasteiger partial charge in [0, 0.05) is 28.8 Å². The first-order valence-electron chi connectivity index (χ1n) is 10.0. The van der Waals surface area contributed by atoms with E-state index in [9.17, 15) is 27.9 Å². The molecule has 1 amide bonds. The molecule has 2 aromatic carbocycles. The van der Waals surface area contributed by atoms with E-state index in [0.717, 1.165) is 12.5 Å². The summed E-state index contributed by atoms with van der Waals surface area (Å²) in [5, 5.41) is 13.1. The number of aromatic hydroxyl groups is 1. The van der Waals surface area contributed by atoms with Crippen LogP contribution in [-0.4, -0.2) is 34.1 Å². The first-order chi connectivity index (χ1) is 15.1. The van der Waals surface area contributed by atoms with Crippen LogP contribution in [0.4, 0.5) is 13.2 Å². The van der Waals surface area contributed by atoms with E-state index in [1.807, 2.05) is 13.8 Å². The second-order valence-corrected chi connectivity index (χ2v) is 7.48. The molecule has 170 valence electrons. The summed E-state index contributed by atoms with van der Waals surface area (Å²) >= 11 is 0. The van der Waals surface area contributed by atoms with E-state index in [1.54, 1.807) is 6.92 Å². The summed E-state index contributed by atoms with van der Waals surface area (Å²) in [6.45, 7) is 2.42. The first-order valence-corrected chi connectivity index (χ1v) is 10.0. The molecule has 0 saturated carbocycles. The highest BCUT2D eigenvalue weighted by atomic mass is 19.3. The van der Waals surface area contributed by atoms with Crippen molar-refractivity contribution in [2.75, 3.05) is 0 Å². The number of ether oxygens (including phenoxy) is 1. The molecule has 0 fully saturated rings. The van der Waals surface area contributed by atoms with E-state index in [0.29, 0.717) is 16.6 Å². The molecule has 9 heteroatoms. The van der Waals surface area contributed by atoms with Crippen molar-refractivity contribution in [3.05, 3.63) is 59.0 Å². The summed E-state index contributed by atoms with van der Waals surface area (Å²) in [7, 11) is 0. The number of hydrogen-bond donors (Lipinski definition) is 2. The van der Waals surface area contributed by atoms with Crippen molar-refractivity contribution in [2.45, 2.75) is 46.3 Å². The van der Waals surface area contributed by atoms with Gasteiger partial charge in [-0.2, -0.15) is 8.78 Å². The molecule has 0 aliphatic rings. The number of aromatic nitrogens is 1. The zero-order valence-corrected chi connectivity index (χ0v) is 17.8. The molecule has 3 rings (SSSR count). The third-order valence-corrected chi connectivity index (χ3v) is 5.29. The van der Waals surface area contributed by atoms with E-state index < -0.39 is 24.1 Å². The maximum absolute atomic E-state index is 14.1. The number of hydrogen-bond acceptors (Lipinski definition) is 4. The van der Waals surface area contributed by atoms with Crippen molar-refractivity contribution in [3.63, 3.8) is 0 Å². The summed E-state index contributed by atoms with van der Waals surface area (Å²) in [5.74, 6) is -2.44. The fourth-order valence-electron chi connectivity index (χ4n) is 3.47. The van der Waals surface area contributed by atoms with Gasteiger partial charge >= 0.3 is 6.61 Å². The summed E-state index contributed by atoms with van der Waals surface area (Å²) in [6, 6.07) is 7.26. The molecule has 1 unspecified atom stereocenters. The van der Waals surface area contributed by atoms with Crippen LogP contribution in [0.15, 0.2) is 36.4 Å². The third-order valence-electron chi connectivity index (χ3n) is 5.29. The SMILES string of the molecule is CCC(C)NC(=O)Cc1c(C)n(C(=O)c2ccc(OC(F)F)cc2)c2cc(F)c(O)cc12. The molecule has 1 atom stereocenters. The molecular formula is C23H23F3N2O4. The van der Waals surface area contributed by atoms with Gasteiger partial charge in [0.1, 0.15) is 5.75 Å². The number of fused-ring (bicyclic) bond motifs is 1. The van der Waals surface area contributed by atoms with Crippen LogP contribution in [0.5, 0.6) is 11.5 Å². The van der Waals surface area contributed by atoms with Gasteiger partial charge in [-0.1, -0.05) is 6.92 Å². The summed E-state index contributed by atoms with van der Waals surface area (Å²) in [4.78, 5) is 25.7. The quantitative estimate of drug-likeness (QED) is 0.556. The Balaban J connectivity index is 2.06. The fourth-order valence-corrected chi connectivity index (χ4v) is 3.47. The zero-order valence-electron chi connectivity index (χ0n) is 17.8. The molecular weight excluding hydrogens is 425 g/mol. The minimum atomic E-state index is -2.99. The number of carbonyl (C=O) groups is 2. The number of halogens is 3. The lowest BCUT2D eigenvalue weighted by Crippen LogP contribution is -2.33. The Morgan fingerprint density at radius 3 is 2.44 bits per heavy atom. The molecule has 0 spiro atoms. The molecule has 6 nitrogen and oxygen atoms in total. The van der Waals surface area contributed by atoms with E-state index in [1.165, 1.54) is 34.9 Å². The second kappa shape index (κ2) is 9.33. The number of alkyl halides is 2. The number of carbonyl (C=O) groups excluding carboxylic acids is 2. The standard InChI is InChI=1S/C23H23F3N2O4/c1-4-12(2)27-21(30)10-16-13(3)28(19-11-18(24)20(29)9-17(16)19)22(31)14-5-7-15(8-6-14)32-23(25)26/h5-9,11-12,23,29H,4,10H2,1-3H3,(H,27,30). The number of amides is 1. The average molecular weight is 448 g/mol. The van der Waals surface area contributed by atoms with Gasteiger partial charge in [0.2, 0.25) is 5.91 Å². The minimum Gasteiger partial charge on any atom is -0.505 e. The first kappa shape index (κ1) is 23.2. The lowest BCUT2D eigenvalue weighted by atomic mass is 10.1. The van der Waals surface area contributed by atoms with Gasteiger partial charge in [0.15, 0.2) is 11.6 Å². The predicted molar refractivity (Wildman–Crippen MR) is 113 cm³/mol. The zero-order chi connectivity index (χ0) is 23.6. The number of phenols is 1. The fraction of sp³-hybridized carbons (Fsp3) is 0.304. The van der Waals surface area contributed by atoms with E-state index >= 15 is 0 Å². The number of rotatable bonds is 7. The summed E-state index contributed by atoms with van der Waals surface area (Å²) < 4.78 is 44.4. The largest absolute Gasteiger partial charge is 0.505 e. The smallest absolute Gasteiger partial charge is 0.387 e. The van der Waals surface area contributed by atoms with E-state index in [-0.39, 0.29) is 35.2 Å². The van der Waals surface area contributed by atoms with Crippen LogP contribution in [0.2, 0.25) is 0 Å². The van der Waals surface area contributed by atoms with Gasteiger partial charge in [-0.05, 0) is 56.2 Å². The molecule has 0 bridgehead atoms. The van der Waals surface area contributed by atoms with Gasteiger partial charge in [-0.3, -0.25) is 14.2 Å². The minimum absolute atomic E-state index is 0.0439. The number of nitrogens with zero attached hydrogens (tertiary/aromatic N) is 1. The molecule has 0 aliphatic carbocycles. The van der Waals surface area contributed by atoms with Crippen molar-refractivity contribution in [1.29, 1.82) is 0 Å². The Hall–Kier alpha value is -3.49. The van der Waals surface area contributed by atoms with Crippen LogP contribution in [-0.2, 0) is 11.2 Å². The highest BCUT2D eigenvalue weighted by Crippen LogP contribution is 2.32. The predicted octanol–water partition coefficient (Wildman–Crippen LogP) is 4.54. The second-order valence-electron chi connectivity index (χ2n) is 7.48. The van der Waals surface area contributed by atoms with E-state index in [2.05, 4.69) is 10.1 Å². The Morgan fingerprint density at radius 1 is 1.19 bits per heavy atom. The van der Waals surface area contributed by atoms with Crippen LogP contribution in [0.1, 0.15) is 41.9 Å².